The van der Waals surface area contributed by atoms with E-state index < -0.39 is 0 Å². The molecule has 0 aromatic rings. The Balaban J connectivity index is 2.23. The maximum absolute atomic E-state index is 9.59. The van der Waals surface area contributed by atoms with E-state index >= 15 is 0 Å². The number of aliphatic hydroxyl groups excluding tert-OH is 1. The predicted octanol–water partition coefficient (Wildman–Crippen LogP) is 2.19. The third-order valence-corrected chi connectivity index (χ3v) is 3.92. The molecule has 3 unspecified atom stereocenters. The molecule has 0 spiro atoms. The van der Waals surface area contributed by atoms with Gasteiger partial charge in [-0.1, -0.05) is 26.7 Å². The van der Waals surface area contributed by atoms with Crippen LogP contribution >= 0.6 is 0 Å². The molecule has 1 fully saturated rings. The highest BCUT2D eigenvalue weighted by atomic mass is 16.5. The van der Waals surface area contributed by atoms with E-state index in [1.54, 1.807) is 7.11 Å². The number of ether oxygens (including phenoxy) is 1. The Bertz CT molecular complexity index is 197. The van der Waals surface area contributed by atoms with Crippen molar-refractivity contribution in [2.75, 3.05) is 20.3 Å². The molecular formula is C14H29NO2. The minimum absolute atomic E-state index is 0.325. The van der Waals surface area contributed by atoms with Gasteiger partial charge < -0.3 is 15.2 Å². The summed E-state index contributed by atoms with van der Waals surface area (Å²) in [6.07, 6.45) is 5.84. The van der Waals surface area contributed by atoms with Crippen molar-refractivity contribution in [3.05, 3.63) is 0 Å². The second kappa shape index (κ2) is 8.06. The van der Waals surface area contributed by atoms with Gasteiger partial charge in [0.15, 0.2) is 0 Å². The molecule has 1 aliphatic carbocycles. The zero-order valence-electron chi connectivity index (χ0n) is 11.6. The zero-order chi connectivity index (χ0) is 12.7. The number of hydrogen-bond acceptors (Lipinski definition) is 3. The molecule has 17 heavy (non-hydrogen) atoms. The van der Waals surface area contributed by atoms with Crippen LogP contribution in [0.15, 0.2) is 0 Å². The summed E-state index contributed by atoms with van der Waals surface area (Å²) in [6.45, 7) is 5.99. The highest BCUT2D eigenvalue weighted by Crippen LogP contribution is 2.30. The zero-order valence-corrected chi connectivity index (χ0v) is 11.6. The lowest BCUT2D eigenvalue weighted by Crippen LogP contribution is -2.42. The fraction of sp³-hybridized carbons (Fsp3) is 1.00. The normalized spacial score (nSPS) is 27.4. The third-order valence-electron chi connectivity index (χ3n) is 3.92. The molecule has 1 saturated carbocycles. The van der Waals surface area contributed by atoms with E-state index in [2.05, 4.69) is 19.2 Å². The van der Waals surface area contributed by atoms with Crippen molar-refractivity contribution < 1.29 is 9.84 Å². The van der Waals surface area contributed by atoms with Gasteiger partial charge in [0.25, 0.3) is 0 Å². The molecule has 3 atom stereocenters. The van der Waals surface area contributed by atoms with E-state index in [1.807, 2.05) is 0 Å². The maximum Gasteiger partial charge on any atom is 0.0785 e. The molecule has 0 aromatic heterocycles. The summed E-state index contributed by atoms with van der Waals surface area (Å²) in [6, 6.07) is 0.651. The van der Waals surface area contributed by atoms with Crippen LogP contribution in [0.25, 0.3) is 0 Å². The van der Waals surface area contributed by atoms with Gasteiger partial charge in [0.2, 0.25) is 0 Å². The Hall–Kier alpha value is -0.120. The van der Waals surface area contributed by atoms with E-state index in [-0.39, 0.29) is 6.10 Å². The molecule has 1 rings (SSSR count). The smallest absolute Gasteiger partial charge is 0.0785 e. The van der Waals surface area contributed by atoms with E-state index in [0.29, 0.717) is 12.6 Å². The quantitative estimate of drug-likeness (QED) is 0.720. The SMILES string of the molecule is COCC(O)CCNC1CCCCC1C(C)C. The van der Waals surface area contributed by atoms with Crippen molar-refractivity contribution in [1.29, 1.82) is 0 Å². The summed E-state index contributed by atoms with van der Waals surface area (Å²) in [5.74, 6) is 1.57. The molecule has 0 bridgehead atoms. The molecule has 0 radical (unpaired) electrons. The second-order valence-electron chi connectivity index (χ2n) is 5.65. The standard InChI is InChI=1S/C14H29NO2/c1-11(2)13-6-4-5-7-14(13)15-9-8-12(16)10-17-3/h11-16H,4-10H2,1-3H3. The number of hydrogen-bond donors (Lipinski definition) is 2. The van der Waals surface area contributed by atoms with Crippen LogP contribution in [0.2, 0.25) is 0 Å². The number of methoxy groups -OCH3 is 1. The summed E-state index contributed by atoms with van der Waals surface area (Å²) < 4.78 is 4.93. The first-order chi connectivity index (χ1) is 8.15. The summed E-state index contributed by atoms with van der Waals surface area (Å²) in [5, 5.41) is 13.2. The lowest BCUT2D eigenvalue weighted by atomic mass is 9.78. The predicted molar refractivity (Wildman–Crippen MR) is 71.1 cm³/mol. The Labute approximate surface area is 106 Å². The molecule has 1 aliphatic rings. The van der Waals surface area contributed by atoms with Crippen LogP contribution in [0, 0.1) is 11.8 Å². The molecule has 102 valence electrons. The van der Waals surface area contributed by atoms with Gasteiger partial charge in [-0.15, -0.1) is 0 Å². The molecule has 0 saturated heterocycles. The largest absolute Gasteiger partial charge is 0.391 e. The van der Waals surface area contributed by atoms with Gasteiger partial charge in [-0.2, -0.15) is 0 Å². The molecule has 0 aliphatic heterocycles. The van der Waals surface area contributed by atoms with Crippen LogP contribution in [-0.4, -0.2) is 37.5 Å². The number of nitrogens with one attached hydrogen (secondary N) is 1. The third kappa shape index (κ3) is 5.36. The average molecular weight is 243 g/mol. The first kappa shape index (κ1) is 14.9. The fourth-order valence-electron chi connectivity index (χ4n) is 2.92. The fourth-order valence-corrected chi connectivity index (χ4v) is 2.92. The van der Waals surface area contributed by atoms with E-state index in [0.717, 1.165) is 24.8 Å². The molecule has 0 heterocycles. The van der Waals surface area contributed by atoms with Gasteiger partial charge in [-0.25, -0.2) is 0 Å². The van der Waals surface area contributed by atoms with Gasteiger partial charge in [-0.05, 0) is 37.6 Å². The van der Waals surface area contributed by atoms with Crippen molar-refractivity contribution in [2.45, 2.75) is 58.1 Å². The molecule has 3 nitrogen and oxygen atoms in total. The van der Waals surface area contributed by atoms with Crippen LogP contribution in [0.3, 0.4) is 0 Å². The van der Waals surface area contributed by atoms with Crippen LogP contribution in [0.5, 0.6) is 0 Å². The van der Waals surface area contributed by atoms with Crippen molar-refractivity contribution in [2.24, 2.45) is 11.8 Å². The first-order valence-electron chi connectivity index (χ1n) is 7.05. The molecule has 0 aromatic carbocycles. The molecule has 3 heteroatoms. The van der Waals surface area contributed by atoms with Crippen molar-refractivity contribution >= 4 is 0 Å². The summed E-state index contributed by atoms with van der Waals surface area (Å²) in [4.78, 5) is 0. The highest BCUT2D eigenvalue weighted by molar-refractivity contribution is 4.82. The second-order valence-corrected chi connectivity index (χ2v) is 5.65. The van der Waals surface area contributed by atoms with Crippen molar-refractivity contribution in [1.82, 2.24) is 5.32 Å². The topological polar surface area (TPSA) is 41.5 Å². The number of rotatable bonds is 7. The van der Waals surface area contributed by atoms with E-state index in [9.17, 15) is 5.11 Å². The van der Waals surface area contributed by atoms with E-state index in [1.165, 1.54) is 25.7 Å². The Morgan fingerprint density at radius 3 is 2.65 bits per heavy atom. The minimum atomic E-state index is -0.325. The van der Waals surface area contributed by atoms with Crippen molar-refractivity contribution in [3.8, 4) is 0 Å². The Morgan fingerprint density at radius 1 is 1.29 bits per heavy atom. The van der Waals surface area contributed by atoms with Gasteiger partial charge >= 0.3 is 0 Å². The van der Waals surface area contributed by atoms with Gasteiger partial charge in [-0.3, -0.25) is 0 Å². The summed E-state index contributed by atoms with van der Waals surface area (Å²) >= 11 is 0. The lowest BCUT2D eigenvalue weighted by Gasteiger charge is -2.35. The van der Waals surface area contributed by atoms with E-state index in [4.69, 9.17) is 4.74 Å². The minimum Gasteiger partial charge on any atom is -0.391 e. The average Bonchev–Trinajstić information content (AvgIpc) is 2.30. The van der Waals surface area contributed by atoms with Crippen LogP contribution in [0.4, 0.5) is 0 Å². The Morgan fingerprint density at radius 2 is 2.00 bits per heavy atom. The first-order valence-corrected chi connectivity index (χ1v) is 7.05. The van der Waals surface area contributed by atoms with Gasteiger partial charge in [0.1, 0.15) is 0 Å². The van der Waals surface area contributed by atoms with Gasteiger partial charge in [0.05, 0.1) is 12.7 Å². The monoisotopic (exact) mass is 243 g/mol. The number of aliphatic hydroxyl groups is 1. The van der Waals surface area contributed by atoms with Gasteiger partial charge in [0, 0.05) is 13.2 Å². The Kier molecular flexibility index (Phi) is 7.09. The maximum atomic E-state index is 9.59. The van der Waals surface area contributed by atoms with Crippen LogP contribution < -0.4 is 5.32 Å². The summed E-state index contributed by atoms with van der Waals surface area (Å²) in [5.41, 5.74) is 0. The lowest BCUT2D eigenvalue weighted by molar-refractivity contribution is 0.0577. The van der Waals surface area contributed by atoms with Crippen LogP contribution in [-0.2, 0) is 4.74 Å². The summed E-state index contributed by atoms with van der Waals surface area (Å²) in [7, 11) is 1.63. The van der Waals surface area contributed by atoms with Crippen LogP contribution in [0.1, 0.15) is 46.0 Å². The molecule has 0 amide bonds. The molecular weight excluding hydrogens is 214 g/mol. The highest BCUT2D eigenvalue weighted by Gasteiger charge is 2.26. The van der Waals surface area contributed by atoms with Crippen molar-refractivity contribution in [3.63, 3.8) is 0 Å². The molecule has 2 N–H and O–H groups in total.